The van der Waals surface area contributed by atoms with E-state index >= 15 is 0 Å². The topological polar surface area (TPSA) is 58.6 Å². The number of carbonyl (C=O) groups excluding carboxylic acids is 2. The average Bonchev–Trinajstić information content (AvgIpc) is 2.55. The molecule has 1 aromatic rings. The molecule has 0 aromatic heterocycles. The summed E-state index contributed by atoms with van der Waals surface area (Å²) >= 11 is 0. The maximum absolute atomic E-state index is 12.5. The Kier molecular flexibility index (Phi) is 6.19. The summed E-state index contributed by atoms with van der Waals surface area (Å²) in [7, 11) is 0. The van der Waals surface area contributed by atoms with E-state index < -0.39 is 0 Å². The van der Waals surface area contributed by atoms with Crippen molar-refractivity contribution in [3.05, 3.63) is 29.8 Å². The second-order valence-corrected chi connectivity index (χ2v) is 5.71. The lowest BCUT2D eigenvalue weighted by atomic mass is 9.97. The average molecular weight is 314 g/mol. The van der Waals surface area contributed by atoms with Gasteiger partial charge in [0.2, 0.25) is 5.91 Å². The lowest BCUT2D eigenvalue weighted by molar-refractivity contribution is -0.114. The summed E-state index contributed by atoms with van der Waals surface area (Å²) in [6.45, 7) is 3.93. The fourth-order valence-corrected chi connectivity index (χ4v) is 2.67. The third-order valence-electron chi connectivity index (χ3n) is 3.89. The van der Waals surface area contributed by atoms with Crippen LogP contribution in [0.3, 0.4) is 0 Å². The highest BCUT2D eigenvalue weighted by Crippen LogP contribution is 2.20. The first kappa shape index (κ1) is 17.0. The van der Waals surface area contributed by atoms with Gasteiger partial charge >= 0.3 is 0 Å². The van der Waals surface area contributed by atoms with Crippen LogP contribution in [-0.2, 0) is 9.53 Å². The SMILES string of the molecule is C#CCOCC1CCN(C(=O)c2ccc(NC(C)=O)cc2)CC1. The van der Waals surface area contributed by atoms with Gasteiger partial charge < -0.3 is 15.0 Å². The molecule has 0 atom stereocenters. The Balaban J connectivity index is 1.85. The van der Waals surface area contributed by atoms with Gasteiger partial charge in [0.15, 0.2) is 0 Å². The van der Waals surface area contributed by atoms with Gasteiger partial charge in [0, 0.05) is 31.3 Å². The van der Waals surface area contributed by atoms with Crippen molar-refractivity contribution in [1.29, 1.82) is 0 Å². The van der Waals surface area contributed by atoms with Crippen LogP contribution in [0.4, 0.5) is 5.69 Å². The highest BCUT2D eigenvalue weighted by Gasteiger charge is 2.23. The monoisotopic (exact) mass is 314 g/mol. The number of ether oxygens (including phenoxy) is 1. The van der Waals surface area contributed by atoms with Gasteiger partial charge in [-0.1, -0.05) is 5.92 Å². The molecule has 1 aliphatic rings. The van der Waals surface area contributed by atoms with Gasteiger partial charge in [-0.2, -0.15) is 0 Å². The first-order chi connectivity index (χ1) is 11.1. The van der Waals surface area contributed by atoms with Crippen LogP contribution in [0.15, 0.2) is 24.3 Å². The number of hydrogen-bond donors (Lipinski definition) is 1. The van der Waals surface area contributed by atoms with E-state index in [-0.39, 0.29) is 11.8 Å². The summed E-state index contributed by atoms with van der Waals surface area (Å²) in [6.07, 6.45) is 7.02. The Morgan fingerprint density at radius 1 is 1.30 bits per heavy atom. The minimum Gasteiger partial charge on any atom is -0.369 e. The van der Waals surface area contributed by atoms with Crippen molar-refractivity contribution in [2.24, 2.45) is 5.92 Å². The molecule has 1 aromatic carbocycles. The van der Waals surface area contributed by atoms with E-state index in [1.807, 2.05) is 4.90 Å². The first-order valence-corrected chi connectivity index (χ1v) is 7.78. The maximum Gasteiger partial charge on any atom is 0.253 e. The number of hydrogen-bond acceptors (Lipinski definition) is 3. The molecule has 0 unspecified atom stereocenters. The Bertz CT molecular complexity index is 581. The van der Waals surface area contributed by atoms with Gasteiger partial charge in [0.05, 0.1) is 6.61 Å². The maximum atomic E-state index is 12.5. The fourth-order valence-electron chi connectivity index (χ4n) is 2.67. The smallest absolute Gasteiger partial charge is 0.253 e. The number of anilines is 1. The largest absolute Gasteiger partial charge is 0.369 e. The summed E-state index contributed by atoms with van der Waals surface area (Å²) in [5.74, 6) is 2.83. The second kappa shape index (κ2) is 8.35. The van der Waals surface area contributed by atoms with Crippen molar-refractivity contribution < 1.29 is 14.3 Å². The van der Waals surface area contributed by atoms with E-state index in [0.717, 1.165) is 25.9 Å². The number of rotatable bonds is 5. The van der Waals surface area contributed by atoms with Crippen LogP contribution < -0.4 is 5.32 Å². The zero-order chi connectivity index (χ0) is 16.7. The van der Waals surface area contributed by atoms with Crippen LogP contribution in [0.2, 0.25) is 0 Å². The Hall–Kier alpha value is -2.32. The lowest BCUT2D eigenvalue weighted by Gasteiger charge is -2.31. The van der Waals surface area contributed by atoms with Gasteiger partial charge in [0.25, 0.3) is 5.91 Å². The molecular formula is C18H22N2O3. The highest BCUT2D eigenvalue weighted by atomic mass is 16.5. The van der Waals surface area contributed by atoms with Crippen LogP contribution in [0.25, 0.3) is 0 Å². The van der Waals surface area contributed by atoms with Gasteiger partial charge in [0.1, 0.15) is 6.61 Å². The van der Waals surface area contributed by atoms with Crippen molar-refractivity contribution in [2.45, 2.75) is 19.8 Å². The molecular weight excluding hydrogens is 292 g/mol. The van der Waals surface area contributed by atoms with E-state index in [9.17, 15) is 9.59 Å². The van der Waals surface area contributed by atoms with Crippen LogP contribution in [-0.4, -0.2) is 43.0 Å². The number of nitrogens with zero attached hydrogens (tertiary/aromatic N) is 1. The van der Waals surface area contributed by atoms with E-state index in [2.05, 4.69) is 11.2 Å². The number of piperidine rings is 1. The standard InChI is InChI=1S/C18H22N2O3/c1-3-12-23-13-15-8-10-20(11-9-15)18(22)16-4-6-17(7-5-16)19-14(2)21/h1,4-7,15H,8-13H2,2H3,(H,19,21). The van der Waals surface area contributed by atoms with Crippen LogP contribution in [0.5, 0.6) is 0 Å². The summed E-state index contributed by atoms with van der Waals surface area (Å²) < 4.78 is 5.37. The van der Waals surface area contributed by atoms with E-state index in [0.29, 0.717) is 30.4 Å². The van der Waals surface area contributed by atoms with Crippen molar-refractivity contribution in [2.75, 3.05) is 31.6 Å². The minimum atomic E-state index is -0.127. The number of amides is 2. The summed E-state index contributed by atoms with van der Waals surface area (Å²) in [4.78, 5) is 25.3. The molecule has 2 amide bonds. The molecule has 0 saturated carbocycles. The lowest BCUT2D eigenvalue weighted by Crippen LogP contribution is -2.39. The Morgan fingerprint density at radius 2 is 1.96 bits per heavy atom. The van der Waals surface area contributed by atoms with Gasteiger partial charge in [-0.15, -0.1) is 6.42 Å². The molecule has 1 heterocycles. The predicted molar refractivity (Wildman–Crippen MR) is 89.0 cm³/mol. The molecule has 0 radical (unpaired) electrons. The molecule has 0 bridgehead atoms. The number of carbonyl (C=O) groups is 2. The van der Waals surface area contributed by atoms with E-state index in [1.165, 1.54) is 6.92 Å². The van der Waals surface area contributed by atoms with Crippen LogP contribution >= 0.6 is 0 Å². The Labute approximate surface area is 137 Å². The molecule has 1 saturated heterocycles. The molecule has 122 valence electrons. The van der Waals surface area contributed by atoms with Crippen LogP contribution in [0, 0.1) is 18.3 Å². The number of nitrogens with one attached hydrogen (secondary N) is 1. The predicted octanol–water partition coefficient (Wildman–Crippen LogP) is 2.15. The van der Waals surface area contributed by atoms with Crippen molar-refractivity contribution >= 4 is 17.5 Å². The fraction of sp³-hybridized carbons (Fsp3) is 0.444. The molecule has 23 heavy (non-hydrogen) atoms. The molecule has 0 aliphatic carbocycles. The summed E-state index contributed by atoms with van der Waals surface area (Å²) in [5.41, 5.74) is 1.33. The zero-order valence-corrected chi connectivity index (χ0v) is 13.4. The molecule has 5 nitrogen and oxygen atoms in total. The Morgan fingerprint density at radius 3 is 2.52 bits per heavy atom. The summed E-state index contributed by atoms with van der Waals surface area (Å²) in [6, 6.07) is 6.98. The number of benzene rings is 1. The van der Waals surface area contributed by atoms with Crippen molar-refractivity contribution in [3.8, 4) is 12.3 Å². The molecule has 5 heteroatoms. The summed E-state index contributed by atoms with van der Waals surface area (Å²) in [5, 5.41) is 2.69. The minimum absolute atomic E-state index is 0.0300. The normalized spacial score (nSPS) is 15.0. The van der Waals surface area contributed by atoms with Gasteiger partial charge in [-0.05, 0) is 43.0 Å². The van der Waals surface area contributed by atoms with Crippen molar-refractivity contribution in [1.82, 2.24) is 4.90 Å². The van der Waals surface area contributed by atoms with Gasteiger partial charge in [-0.3, -0.25) is 9.59 Å². The molecule has 0 spiro atoms. The zero-order valence-electron chi connectivity index (χ0n) is 13.4. The van der Waals surface area contributed by atoms with E-state index in [4.69, 9.17) is 11.2 Å². The van der Waals surface area contributed by atoms with E-state index in [1.54, 1.807) is 24.3 Å². The third kappa shape index (κ3) is 5.11. The van der Waals surface area contributed by atoms with Gasteiger partial charge in [-0.25, -0.2) is 0 Å². The second-order valence-electron chi connectivity index (χ2n) is 5.71. The molecule has 1 aliphatic heterocycles. The van der Waals surface area contributed by atoms with Crippen LogP contribution in [0.1, 0.15) is 30.1 Å². The molecule has 1 fully saturated rings. The number of terminal acetylenes is 1. The third-order valence-corrected chi connectivity index (χ3v) is 3.89. The number of likely N-dealkylation sites (tertiary alicyclic amines) is 1. The molecule has 1 N–H and O–H groups in total. The van der Waals surface area contributed by atoms with Crippen molar-refractivity contribution in [3.63, 3.8) is 0 Å². The first-order valence-electron chi connectivity index (χ1n) is 7.78. The quantitative estimate of drug-likeness (QED) is 0.669. The highest BCUT2D eigenvalue weighted by molar-refractivity contribution is 5.95. The molecule has 2 rings (SSSR count).